The van der Waals surface area contributed by atoms with Crippen LogP contribution in [0.15, 0.2) is 30.3 Å². The van der Waals surface area contributed by atoms with Gasteiger partial charge in [0.05, 0.1) is 21.3 Å². The smallest absolute Gasteiger partial charge is 0.260 e. The molecule has 1 N–H and O–H groups in total. The topological polar surface area (TPSA) is 29.1 Å². The summed E-state index contributed by atoms with van der Waals surface area (Å²) in [4.78, 5) is 12.2. The maximum Gasteiger partial charge on any atom is 0.260 e. The summed E-state index contributed by atoms with van der Waals surface area (Å²) in [6.07, 6.45) is 0. The van der Waals surface area contributed by atoms with Gasteiger partial charge in [-0.2, -0.15) is 0 Å². The van der Waals surface area contributed by atoms with Crippen LogP contribution < -0.4 is 5.32 Å². The van der Waals surface area contributed by atoms with Gasteiger partial charge in [0.1, 0.15) is 5.82 Å². The lowest BCUT2D eigenvalue weighted by Gasteiger charge is -2.12. The Morgan fingerprint density at radius 1 is 1.15 bits per heavy atom. The first-order valence-electron chi connectivity index (χ1n) is 5.92. The third-order valence-electron chi connectivity index (χ3n) is 2.86. The Hall–Kier alpha value is -1.58. The number of nitrogens with one attached hydrogen (secondary N) is 1. The van der Waals surface area contributed by atoms with Gasteiger partial charge in [0, 0.05) is 0 Å². The second-order valence-electron chi connectivity index (χ2n) is 4.49. The van der Waals surface area contributed by atoms with Gasteiger partial charge in [-0.1, -0.05) is 35.3 Å². The van der Waals surface area contributed by atoms with Crippen LogP contribution in [0, 0.1) is 19.7 Å². The van der Waals surface area contributed by atoms with E-state index in [0.29, 0.717) is 10.7 Å². The van der Waals surface area contributed by atoms with Crippen LogP contribution in [0.25, 0.3) is 0 Å². The van der Waals surface area contributed by atoms with Crippen molar-refractivity contribution in [2.24, 2.45) is 0 Å². The van der Waals surface area contributed by atoms with Crippen LogP contribution in [0.2, 0.25) is 10.0 Å². The van der Waals surface area contributed by atoms with E-state index >= 15 is 0 Å². The molecule has 5 heteroatoms. The van der Waals surface area contributed by atoms with E-state index in [1.54, 1.807) is 6.07 Å². The van der Waals surface area contributed by atoms with Crippen molar-refractivity contribution in [2.45, 2.75) is 13.8 Å². The first-order valence-corrected chi connectivity index (χ1v) is 6.68. The van der Waals surface area contributed by atoms with Crippen LogP contribution in [-0.4, -0.2) is 5.91 Å². The molecule has 0 fully saturated rings. The Kier molecular flexibility index (Phi) is 4.31. The van der Waals surface area contributed by atoms with E-state index in [1.807, 2.05) is 19.9 Å². The van der Waals surface area contributed by atoms with E-state index in [4.69, 9.17) is 23.2 Å². The fourth-order valence-corrected chi connectivity index (χ4v) is 2.58. The first kappa shape index (κ1) is 14.8. The second-order valence-corrected chi connectivity index (χ2v) is 5.30. The molecular formula is C15H12Cl2FNO. The third kappa shape index (κ3) is 2.94. The highest BCUT2D eigenvalue weighted by Crippen LogP contribution is 2.29. The van der Waals surface area contributed by atoms with Gasteiger partial charge >= 0.3 is 0 Å². The summed E-state index contributed by atoms with van der Waals surface area (Å²) in [7, 11) is 0. The molecule has 0 saturated heterocycles. The average Bonchev–Trinajstić information content (AvgIpc) is 2.33. The normalized spacial score (nSPS) is 10.4. The monoisotopic (exact) mass is 311 g/mol. The van der Waals surface area contributed by atoms with Gasteiger partial charge in [0.15, 0.2) is 0 Å². The van der Waals surface area contributed by atoms with Gasteiger partial charge in [-0.25, -0.2) is 4.39 Å². The van der Waals surface area contributed by atoms with E-state index in [1.165, 1.54) is 18.2 Å². The number of halogens is 3. The van der Waals surface area contributed by atoms with Gasteiger partial charge in [-0.05, 0) is 43.2 Å². The van der Waals surface area contributed by atoms with Crippen molar-refractivity contribution in [1.82, 2.24) is 0 Å². The molecule has 0 atom stereocenters. The lowest BCUT2D eigenvalue weighted by Crippen LogP contribution is -2.15. The number of carbonyl (C=O) groups is 1. The molecule has 0 aliphatic rings. The number of amides is 1. The Labute approximate surface area is 126 Å². The van der Waals surface area contributed by atoms with Crippen molar-refractivity contribution in [3.05, 3.63) is 62.9 Å². The Bertz CT molecular complexity index is 642. The van der Waals surface area contributed by atoms with Crippen LogP contribution in [0.1, 0.15) is 21.5 Å². The molecule has 2 nitrogen and oxygen atoms in total. The summed E-state index contributed by atoms with van der Waals surface area (Å²) >= 11 is 12.0. The number of benzene rings is 2. The molecule has 2 aromatic rings. The van der Waals surface area contributed by atoms with Crippen LogP contribution in [0.3, 0.4) is 0 Å². The highest BCUT2D eigenvalue weighted by atomic mass is 35.5. The summed E-state index contributed by atoms with van der Waals surface area (Å²) < 4.78 is 13.7. The van der Waals surface area contributed by atoms with Crippen molar-refractivity contribution in [2.75, 3.05) is 5.32 Å². The van der Waals surface area contributed by atoms with Crippen molar-refractivity contribution < 1.29 is 9.18 Å². The highest BCUT2D eigenvalue weighted by molar-refractivity contribution is 6.36. The average molecular weight is 312 g/mol. The third-order valence-corrected chi connectivity index (χ3v) is 3.47. The Balaban J connectivity index is 2.38. The highest BCUT2D eigenvalue weighted by Gasteiger charge is 2.17. The zero-order valence-corrected chi connectivity index (χ0v) is 12.4. The summed E-state index contributed by atoms with van der Waals surface area (Å²) in [5, 5.41) is 3.07. The number of hydrogen-bond donors (Lipinski definition) is 1. The minimum Gasteiger partial charge on any atom is -0.320 e. The minimum absolute atomic E-state index is 0.0587. The van der Waals surface area contributed by atoms with Gasteiger partial charge in [0.2, 0.25) is 0 Å². The van der Waals surface area contributed by atoms with Gasteiger partial charge in [0.25, 0.3) is 5.91 Å². The van der Waals surface area contributed by atoms with Crippen LogP contribution in [0.5, 0.6) is 0 Å². The second kappa shape index (κ2) is 5.81. The quantitative estimate of drug-likeness (QED) is 0.830. The number of hydrogen-bond acceptors (Lipinski definition) is 1. The summed E-state index contributed by atoms with van der Waals surface area (Å²) in [5.74, 6) is -1.29. The maximum absolute atomic E-state index is 13.7. The fourth-order valence-electron chi connectivity index (χ4n) is 1.96. The molecule has 0 saturated carbocycles. The number of carbonyl (C=O) groups excluding carboxylic acids is 1. The predicted octanol–water partition coefficient (Wildman–Crippen LogP) is 5.00. The van der Waals surface area contributed by atoms with Crippen molar-refractivity contribution >= 4 is 34.8 Å². The minimum atomic E-state index is -0.670. The van der Waals surface area contributed by atoms with E-state index in [-0.39, 0.29) is 10.6 Å². The fraction of sp³-hybridized carbons (Fsp3) is 0.133. The van der Waals surface area contributed by atoms with Crippen molar-refractivity contribution in [3.63, 3.8) is 0 Å². The van der Waals surface area contributed by atoms with E-state index < -0.39 is 11.7 Å². The zero-order valence-electron chi connectivity index (χ0n) is 10.9. The van der Waals surface area contributed by atoms with Crippen LogP contribution >= 0.6 is 23.2 Å². The van der Waals surface area contributed by atoms with E-state index in [9.17, 15) is 9.18 Å². The summed E-state index contributed by atoms with van der Waals surface area (Å²) in [6.45, 7) is 3.72. The maximum atomic E-state index is 13.7. The molecule has 104 valence electrons. The van der Waals surface area contributed by atoms with Crippen molar-refractivity contribution in [3.8, 4) is 0 Å². The summed E-state index contributed by atoms with van der Waals surface area (Å²) in [6, 6.07) is 7.70. The van der Waals surface area contributed by atoms with E-state index in [2.05, 4.69) is 5.32 Å². The summed E-state index contributed by atoms with van der Waals surface area (Å²) in [5.41, 5.74) is 2.05. The molecule has 0 spiro atoms. The zero-order chi connectivity index (χ0) is 14.9. The largest absolute Gasteiger partial charge is 0.320 e. The first-order chi connectivity index (χ1) is 9.40. The molecule has 0 bridgehead atoms. The SMILES string of the molecule is Cc1cc(C)c(NC(=O)c2c(F)cccc2Cl)c(Cl)c1. The Morgan fingerprint density at radius 3 is 2.45 bits per heavy atom. The molecule has 2 aromatic carbocycles. The number of aryl methyl sites for hydroxylation is 2. The number of rotatable bonds is 2. The van der Waals surface area contributed by atoms with Gasteiger partial charge in [-0.15, -0.1) is 0 Å². The van der Waals surface area contributed by atoms with Crippen LogP contribution in [-0.2, 0) is 0 Å². The molecule has 1 amide bonds. The molecule has 2 rings (SSSR count). The van der Waals surface area contributed by atoms with Crippen LogP contribution in [0.4, 0.5) is 10.1 Å². The molecule has 0 heterocycles. The van der Waals surface area contributed by atoms with Crippen molar-refractivity contribution in [1.29, 1.82) is 0 Å². The predicted molar refractivity (Wildman–Crippen MR) is 80.3 cm³/mol. The lowest BCUT2D eigenvalue weighted by atomic mass is 10.1. The van der Waals surface area contributed by atoms with Gasteiger partial charge in [-0.3, -0.25) is 4.79 Å². The molecule has 0 radical (unpaired) electrons. The molecule has 0 aliphatic heterocycles. The number of anilines is 1. The van der Waals surface area contributed by atoms with E-state index in [0.717, 1.165) is 11.1 Å². The molecule has 0 aromatic heterocycles. The molecule has 20 heavy (non-hydrogen) atoms. The Morgan fingerprint density at radius 2 is 1.85 bits per heavy atom. The molecule has 0 aliphatic carbocycles. The molecule has 0 unspecified atom stereocenters. The van der Waals surface area contributed by atoms with Gasteiger partial charge < -0.3 is 5.32 Å². The lowest BCUT2D eigenvalue weighted by molar-refractivity contribution is 0.102. The standard InChI is InChI=1S/C15H12Cl2FNO/c1-8-6-9(2)14(11(17)7-8)19-15(20)13-10(16)4-3-5-12(13)18/h3-7H,1-2H3,(H,19,20). The molecular weight excluding hydrogens is 300 g/mol.